The van der Waals surface area contributed by atoms with Gasteiger partial charge in [-0.05, 0) is 55.7 Å². The van der Waals surface area contributed by atoms with Crippen molar-refractivity contribution >= 4 is 27.5 Å². The standard InChI is InChI=1S/C30H37N3O5S/c1-5-28(30(35)31-6-2)32(20-25-14-10-11-23(3)19-25)29(34)21-33(39(4,36)37)26-15-17-27(18-16-26)38-22-24-12-8-7-9-13-24/h7-19,28H,5-6,20-22H2,1-4H3,(H,31,35)/t28-/m0/s1. The molecule has 1 atom stereocenters. The molecule has 208 valence electrons. The highest BCUT2D eigenvalue weighted by Gasteiger charge is 2.31. The van der Waals surface area contributed by atoms with Crippen molar-refractivity contribution < 1.29 is 22.7 Å². The molecule has 0 saturated heterocycles. The predicted octanol–water partition coefficient (Wildman–Crippen LogP) is 4.28. The summed E-state index contributed by atoms with van der Waals surface area (Å²) in [5.41, 5.74) is 3.23. The Morgan fingerprint density at radius 2 is 1.59 bits per heavy atom. The average molecular weight is 552 g/mol. The van der Waals surface area contributed by atoms with E-state index in [2.05, 4.69) is 5.32 Å². The van der Waals surface area contributed by atoms with E-state index in [0.29, 0.717) is 31.0 Å². The summed E-state index contributed by atoms with van der Waals surface area (Å²) in [5.74, 6) is -0.165. The molecule has 0 unspecified atom stereocenters. The summed E-state index contributed by atoms with van der Waals surface area (Å²) in [6.45, 7) is 6.14. The number of likely N-dealkylation sites (N-methyl/N-ethyl adjacent to an activating group) is 1. The fourth-order valence-corrected chi connectivity index (χ4v) is 5.13. The van der Waals surface area contributed by atoms with Crippen molar-refractivity contribution in [3.05, 3.63) is 95.6 Å². The number of carbonyl (C=O) groups excluding carboxylic acids is 2. The topological polar surface area (TPSA) is 96.0 Å². The number of carbonyl (C=O) groups is 2. The Morgan fingerprint density at radius 1 is 0.923 bits per heavy atom. The van der Waals surface area contributed by atoms with Crippen LogP contribution >= 0.6 is 0 Å². The molecule has 39 heavy (non-hydrogen) atoms. The minimum absolute atomic E-state index is 0.181. The minimum Gasteiger partial charge on any atom is -0.489 e. The van der Waals surface area contributed by atoms with Gasteiger partial charge in [-0.15, -0.1) is 0 Å². The summed E-state index contributed by atoms with van der Waals surface area (Å²) in [5, 5.41) is 2.80. The molecule has 3 rings (SSSR count). The predicted molar refractivity (Wildman–Crippen MR) is 154 cm³/mol. The van der Waals surface area contributed by atoms with Crippen LogP contribution in [0.25, 0.3) is 0 Å². The summed E-state index contributed by atoms with van der Waals surface area (Å²) in [6.07, 6.45) is 1.45. The first-order valence-electron chi connectivity index (χ1n) is 13.0. The molecule has 0 fully saturated rings. The zero-order valence-electron chi connectivity index (χ0n) is 23.0. The molecule has 0 aliphatic heterocycles. The van der Waals surface area contributed by atoms with Crippen molar-refractivity contribution in [2.24, 2.45) is 0 Å². The number of hydrogen-bond donors (Lipinski definition) is 1. The van der Waals surface area contributed by atoms with Crippen LogP contribution < -0.4 is 14.4 Å². The molecule has 0 radical (unpaired) electrons. The maximum atomic E-state index is 13.7. The van der Waals surface area contributed by atoms with Crippen LogP contribution in [0.3, 0.4) is 0 Å². The van der Waals surface area contributed by atoms with Crippen LogP contribution in [0.5, 0.6) is 5.75 Å². The fraction of sp³-hybridized carbons (Fsp3) is 0.333. The van der Waals surface area contributed by atoms with E-state index in [1.54, 1.807) is 24.3 Å². The third kappa shape index (κ3) is 8.58. The Balaban J connectivity index is 1.84. The molecule has 9 heteroatoms. The minimum atomic E-state index is -3.81. The number of benzene rings is 3. The van der Waals surface area contributed by atoms with Crippen molar-refractivity contribution in [2.75, 3.05) is 23.7 Å². The zero-order chi connectivity index (χ0) is 28.4. The third-order valence-electron chi connectivity index (χ3n) is 6.22. The Labute approximate surface area is 231 Å². The van der Waals surface area contributed by atoms with E-state index in [0.717, 1.165) is 27.3 Å². The van der Waals surface area contributed by atoms with Crippen LogP contribution in [0, 0.1) is 6.92 Å². The van der Waals surface area contributed by atoms with Gasteiger partial charge in [-0.3, -0.25) is 13.9 Å². The van der Waals surface area contributed by atoms with Gasteiger partial charge in [-0.2, -0.15) is 0 Å². The molecule has 0 heterocycles. The maximum absolute atomic E-state index is 13.7. The van der Waals surface area contributed by atoms with Gasteiger partial charge >= 0.3 is 0 Å². The first kappa shape index (κ1) is 29.7. The van der Waals surface area contributed by atoms with Crippen LogP contribution in [0.4, 0.5) is 5.69 Å². The second kappa shape index (κ2) is 13.8. The molecule has 8 nitrogen and oxygen atoms in total. The van der Waals surface area contributed by atoms with Crippen molar-refractivity contribution in [1.29, 1.82) is 0 Å². The van der Waals surface area contributed by atoms with E-state index in [1.807, 2.05) is 75.4 Å². The molecule has 2 amide bonds. The maximum Gasteiger partial charge on any atom is 0.244 e. The number of rotatable bonds is 13. The van der Waals surface area contributed by atoms with E-state index in [4.69, 9.17) is 4.74 Å². The summed E-state index contributed by atoms with van der Waals surface area (Å²) in [7, 11) is -3.81. The van der Waals surface area contributed by atoms with Gasteiger partial charge in [0.2, 0.25) is 21.8 Å². The number of aryl methyl sites for hydroxylation is 1. The quantitative estimate of drug-likeness (QED) is 0.342. The highest BCUT2D eigenvalue weighted by atomic mass is 32.2. The van der Waals surface area contributed by atoms with Gasteiger partial charge in [0.1, 0.15) is 24.9 Å². The smallest absolute Gasteiger partial charge is 0.244 e. The number of ether oxygens (including phenoxy) is 1. The van der Waals surface area contributed by atoms with E-state index in [-0.39, 0.29) is 12.5 Å². The van der Waals surface area contributed by atoms with Crippen molar-refractivity contribution in [3.8, 4) is 5.75 Å². The van der Waals surface area contributed by atoms with Gasteiger partial charge < -0.3 is 15.0 Å². The third-order valence-corrected chi connectivity index (χ3v) is 7.37. The monoisotopic (exact) mass is 551 g/mol. The van der Waals surface area contributed by atoms with Crippen LogP contribution in [-0.4, -0.2) is 50.5 Å². The van der Waals surface area contributed by atoms with Crippen molar-refractivity contribution in [1.82, 2.24) is 10.2 Å². The Morgan fingerprint density at radius 3 is 2.18 bits per heavy atom. The Kier molecular flexibility index (Phi) is 10.5. The molecule has 3 aromatic rings. The van der Waals surface area contributed by atoms with Crippen LogP contribution in [0.15, 0.2) is 78.9 Å². The molecule has 1 N–H and O–H groups in total. The van der Waals surface area contributed by atoms with E-state index in [1.165, 1.54) is 4.90 Å². The lowest BCUT2D eigenvalue weighted by molar-refractivity contribution is -0.140. The van der Waals surface area contributed by atoms with Crippen LogP contribution in [0.1, 0.15) is 37.0 Å². The van der Waals surface area contributed by atoms with Crippen LogP contribution in [-0.2, 0) is 32.8 Å². The number of amides is 2. The van der Waals surface area contributed by atoms with Crippen molar-refractivity contribution in [3.63, 3.8) is 0 Å². The van der Waals surface area contributed by atoms with Crippen molar-refractivity contribution in [2.45, 2.75) is 46.4 Å². The number of sulfonamides is 1. The lowest BCUT2D eigenvalue weighted by Gasteiger charge is -2.32. The first-order valence-corrected chi connectivity index (χ1v) is 14.8. The molecule has 0 spiro atoms. The Bertz CT molecular complexity index is 1340. The number of nitrogens with one attached hydrogen (secondary N) is 1. The van der Waals surface area contributed by atoms with Gasteiger partial charge in [0.25, 0.3) is 0 Å². The van der Waals surface area contributed by atoms with Gasteiger partial charge in [0, 0.05) is 13.1 Å². The molecule has 0 aliphatic rings. The molecule has 0 bridgehead atoms. The summed E-state index contributed by atoms with van der Waals surface area (Å²) < 4.78 is 32.5. The normalized spacial score (nSPS) is 11.9. The SMILES string of the molecule is CCNC(=O)[C@H](CC)N(Cc1cccc(C)c1)C(=O)CN(c1ccc(OCc2ccccc2)cc1)S(C)(=O)=O. The summed E-state index contributed by atoms with van der Waals surface area (Å²) >= 11 is 0. The number of nitrogens with zero attached hydrogens (tertiary/aromatic N) is 2. The zero-order valence-corrected chi connectivity index (χ0v) is 23.8. The largest absolute Gasteiger partial charge is 0.489 e. The highest BCUT2D eigenvalue weighted by Crippen LogP contribution is 2.23. The van der Waals surface area contributed by atoms with Gasteiger partial charge in [0.15, 0.2) is 0 Å². The van der Waals surface area contributed by atoms with E-state index >= 15 is 0 Å². The molecular weight excluding hydrogens is 514 g/mol. The Hall–Kier alpha value is -3.85. The molecule has 0 aromatic heterocycles. The van der Waals surface area contributed by atoms with E-state index < -0.39 is 28.5 Å². The lowest BCUT2D eigenvalue weighted by atomic mass is 10.1. The van der Waals surface area contributed by atoms with Gasteiger partial charge in [-0.1, -0.05) is 67.1 Å². The van der Waals surface area contributed by atoms with Gasteiger partial charge in [0.05, 0.1) is 11.9 Å². The number of anilines is 1. The fourth-order valence-electron chi connectivity index (χ4n) is 4.28. The first-order chi connectivity index (χ1) is 18.6. The van der Waals surface area contributed by atoms with Gasteiger partial charge in [-0.25, -0.2) is 8.42 Å². The average Bonchev–Trinajstić information content (AvgIpc) is 2.91. The second-order valence-electron chi connectivity index (χ2n) is 9.37. The number of hydrogen-bond acceptors (Lipinski definition) is 5. The molecule has 0 aliphatic carbocycles. The highest BCUT2D eigenvalue weighted by molar-refractivity contribution is 7.92. The van der Waals surface area contributed by atoms with Crippen LogP contribution in [0.2, 0.25) is 0 Å². The lowest BCUT2D eigenvalue weighted by Crippen LogP contribution is -2.52. The molecule has 3 aromatic carbocycles. The second-order valence-corrected chi connectivity index (χ2v) is 11.3. The summed E-state index contributed by atoms with van der Waals surface area (Å²) in [4.78, 5) is 28.1. The summed E-state index contributed by atoms with van der Waals surface area (Å²) in [6, 6.07) is 23.2. The molecular formula is C30H37N3O5S. The van der Waals surface area contributed by atoms with E-state index in [9.17, 15) is 18.0 Å². The molecule has 0 saturated carbocycles.